The van der Waals surface area contributed by atoms with E-state index in [2.05, 4.69) is 16.9 Å². The second kappa shape index (κ2) is 4.95. The van der Waals surface area contributed by atoms with Crippen molar-refractivity contribution in [3.63, 3.8) is 0 Å². The smallest absolute Gasteiger partial charge is 0.326 e. The number of carbonyl (C=O) groups excluding carboxylic acids is 3. The van der Waals surface area contributed by atoms with Gasteiger partial charge in [0.15, 0.2) is 0 Å². The molecule has 1 aromatic heterocycles. The van der Waals surface area contributed by atoms with Gasteiger partial charge in [0, 0.05) is 35.9 Å². The van der Waals surface area contributed by atoms with Crippen molar-refractivity contribution < 1.29 is 14.4 Å². The minimum Gasteiger partial charge on any atom is -0.357 e. The van der Waals surface area contributed by atoms with E-state index in [1.54, 1.807) is 11.0 Å². The first-order valence-electron chi connectivity index (χ1n) is 7.64. The molecule has 4 amide bonds. The first kappa shape index (κ1) is 14.5. The van der Waals surface area contributed by atoms with Crippen LogP contribution in [0.15, 0.2) is 30.9 Å². The van der Waals surface area contributed by atoms with Crippen LogP contribution in [0.5, 0.6) is 0 Å². The van der Waals surface area contributed by atoms with Crippen LogP contribution in [0.3, 0.4) is 0 Å². The Morgan fingerprint density at radius 3 is 2.96 bits per heavy atom. The zero-order valence-corrected chi connectivity index (χ0v) is 13.1. The van der Waals surface area contributed by atoms with Crippen molar-refractivity contribution in [1.82, 2.24) is 14.8 Å². The minimum atomic E-state index is -0.379. The summed E-state index contributed by atoms with van der Waals surface area (Å²) in [7, 11) is 1.51. The van der Waals surface area contributed by atoms with E-state index in [0.29, 0.717) is 18.8 Å². The van der Waals surface area contributed by atoms with Crippen molar-refractivity contribution >= 4 is 34.4 Å². The van der Waals surface area contributed by atoms with Gasteiger partial charge in [0.05, 0.1) is 12.5 Å². The first-order valence-corrected chi connectivity index (χ1v) is 7.64. The molecule has 3 heterocycles. The van der Waals surface area contributed by atoms with E-state index in [1.165, 1.54) is 18.0 Å². The van der Waals surface area contributed by atoms with Crippen molar-refractivity contribution in [2.75, 3.05) is 18.9 Å². The quantitative estimate of drug-likeness (QED) is 0.826. The molecule has 1 saturated heterocycles. The van der Waals surface area contributed by atoms with Crippen molar-refractivity contribution in [3.8, 4) is 0 Å². The Labute approximate surface area is 137 Å². The number of rotatable bonds is 2. The molecule has 2 aliphatic heterocycles. The third-order valence-corrected chi connectivity index (χ3v) is 4.66. The van der Waals surface area contributed by atoms with Crippen LogP contribution in [0.25, 0.3) is 10.9 Å². The summed E-state index contributed by atoms with van der Waals surface area (Å²) in [4.78, 5) is 42.3. The van der Waals surface area contributed by atoms with Crippen LogP contribution in [0.1, 0.15) is 17.2 Å². The number of aromatic amines is 1. The van der Waals surface area contributed by atoms with E-state index >= 15 is 0 Å². The van der Waals surface area contributed by atoms with E-state index in [1.807, 2.05) is 12.1 Å². The number of anilines is 1. The lowest BCUT2D eigenvalue weighted by Gasteiger charge is -2.40. The van der Waals surface area contributed by atoms with Crippen LogP contribution in [0.2, 0.25) is 0 Å². The fraction of sp³-hybridized carbons (Fsp3) is 0.235. The lowest BCUT2D eigenvalue weighted by Crippen LogP contribution is -2.55. The van der Waals surface area contributed by atoms with Crippen molar-refractivity contribution in [2.45, 2.75) is 12.5 Å². The summed E-state index contributed by atoms with van der Waals surface area (Å²) in [5, 5.41) is 3.63. The van der Waals surface area contributed by atoms with Gasteiger partial charge in [-0.3, -0.25) is 14.5 Å². The molecule has 2 aliphatic rings. The number of carbonyl (C=O) groups is 3. The Morgan fingerprint density at radius 2 is 2.21 bits per heavy atom. The molecule has 7 nitrogen and oxygen atoms in total. The first-order chi connectivity index (χ1) is 11.5. The molecule has 0 spiro atoms. The van der Waals surface area contributed by atoms with E-state index in [9.17, 15) is 14.4 Å². The molecule has 1 unspecified atom stereocenters. The molecule has 2 bridgehead atoms. The maximum Gasteiger partial charge on any atom is 0.326 e. The van der Waals surface area contributed by atoms with Crippen LogP contribution in [0, 0.1) is 0 Å². The number of H-pyrrole nitrogens is 1. The predicted molar refractivity (Wildman–Crippen MR) is 88.4 cm³/mol. The second-order valence-electron chi connectivity index (χ2n) is 6.08. The highest BCUT2D eigenvalue weighted by molar-refractivity contribution is 6.05. The number of urea groups is 1. The Kier molecular flexibility index (Phi) is 2.99. The maximum absolute atomic E-state index is 12.5. The van der Waals surface area contributed by atoms with Gasteiger partial charge in [-0.2, -0.15) is 0 Å². The Balaban J connectivity index is 1.84. The molecule has 2 N–H and O–H groups in total. The summed E-state index contributed by atoms with van der Waals surface area (Å²) in [6.45, 7) is 4.28. The predicted octanol–water partition coefficient (Wildman–Crippen LogP) is 1.78. The number of nitrogens with one attached hydrogen (secondary N) is 2. The third-order valence-electron chi connectivity index (χ3n) is 4.66. The van der Waals surface area contributed by atoms with E-state index in [0.717, 1.165) is 22.2 Å². The number of nitrogens with zero attached hydrogens (tertiary/aromatic N) is 2. The molecule has 1 fully saturated rings. The van der Waals surface area contributed by atoms with Gasteiger partial charge in [0.25, 0.3) is 0 Å². The molecular formula is C17H16N4O3. The van der Waals surface area contributed by atoms with Gasteiger partial charge < -0.3 is 15.2 Å². The van der Waals surface area contributed by atoms with Gasteiger partial charge >= 0.3 is 6.03 Å². The van der Waals surface area contributed by atoms with Crippen molar-refractivity contribution in [2.24, 2.45) is 0 Å². The summed E-state index contributed by atoms with van der Waals surface area (Å²) < 4.78 is 0. The lowest BCUT2D eigenvalue weighted by molar-refractivity contribution is -0.132. The van der Waals surface area contributed by atoms with Crippen LogP contribution < -0.4 is 5.32 Å². The summed E-state index contributed by atoms with van der Waals surface area (Å²) in [6, 6.07) is 5.24. The summed E-state index contributed by atoms with van der Waals surface area (Å²) in [5.41, 5.74) is 3.32. The molecule has 0 aliphatic carbocycles. The normalized spacial score (nSPS) is 19.5. The number of likely N-dealkylation sites (N-methyl/N-ethyl adjacent to an activating group) is 1. The van der Waals surface area contributed by atoms with Gasteiger partial charge in [-0.15, -0.1) is 0 Å². The highest BCUT2D eigenvalue weighted by Crippen LogP contribution is 2.39. The van der Waals surface area contributed by atoms with Gasteiger partial charge in [0.2, 0.25) is 11.8 Å². The molecule has 0 radical (unpaired) electrons. The SMILES string of the molecule is C=CC(=O)Nc1ccc2[nH]c3c(c2c1)C1CN(C3)C(=O)N(C)C1=O. The molecular weight excluding hydrogens is 308 g/mol. The molecule has 2 aromatic rings. The third kappa shape index (κ3) is 1.94. The van der Waals surface area contributed by atoms with Crippen LogP contribution in [-0.2, 0) is 16.1 Å². The lowest BCUT2D eigenvalue weighted by atomic mass is 9.89. The number of hydrogen-bond donors (Lipinski definition) is 2. The van der Waals surface area contributed by atoms with Crippen LogP contribution in [0.4, 0.5) is 10.5 Å². The number of hydrogen-bond acceptors (Lipinski definition) is 3. The second-order valence-corrected chi connectivity index (χ2v) is 6.08. The van der Waals surface area contributed by atoms with Gasteiger partial charge in [-0.25, -0.2) is 4.79 Å². The average Bonchev–Trinajstić information content (AvgIpc) is 2.95. The van der Waals surface area contributed by atoms with Gasteiger partial charge in [0.1, 0.15) is 0 Å². The molecule has 1 aromatic carbocycles. The number of aromatic nitrogens is 1. The van der Waals surface area contributed by atoms with E-state index < -0.39 is 0 Å². The van der Waals surface area contributed by atoms with Crippen molar-refractivity contribution in [3.05, 3.63) is 42.1 Å². The topological polar surface area (TPSA) is 85.5 Å². The molecule has 122 valence electrons. The molecule has 4 rings (SSSR count). The standard InChI is InChI=1S/C17H16N4O3/c1-3-14(22)18-9-4-5-12-10(6-9)15-11-7-21(8-13(15)19-12)17(24)20(2)16(11)23/h3-6,11,19H,1,7-8H2,2H3,(H,18,22). The Hall–Kier alpha value is -3.09. The molecule has 0 saturated carbocycles. The fourth-order valence-electron chi connectivity index (χ4n) is 3.52. The highest BCUT2D eigenvalue weighted by Gasteiger charge is 2.43. The maximum atomic E-state index is 12.5. The monoisotopic (exact) mass is 324 g/mol. The van der Waals surface area contributed by atoms with Crippen LogP contribution >= 0.6 is 0 Å². The summed E-state index contributed by atoms with van der Waals surface area (Å²) >= 11 is 0. The molecule has 24 heavy (non-hydrogen) atoms. The summed E-state index contributed by atoms with van der Waals surface area (Å²) in [6.07, 6.45) is 1.21. The van der Waals surface area contributed by atoms with Crippen molar-refractivity contribution in [1.29, 1.82) is 0 Å². The van der Waals surface area contributed by atoms with Gasteiger partial charge in [-0.1, -0.05) is 6.58 Å². The number of imide groups is 1. The van der Waals surface area contributed by atoms with E-state index in [4.69, 9.17) is 0 Å². The zero-order valence-electron chi connectivity index (χ0n) is 13.1. The number of amides is 4. The highest BCUT2D eigenvalue weighted by atomic mass is 16.2. The molecule has 7 heteroatoms. The minimum absolute atomic E-state index is 0.196. The number of benzene rings is 1. The largest absolute Gasteiger partial charge is 0.357 e. The van der Waals surface area contributed by atoms with Crippen LogP contribution in [-0.4, -0.2) is 46.2 Å². The van der Waals surface area contributed by atoms with E-state index in [-0.39, 0.29) is 23.8 Å². The fourth-order valence-corrected chi connectivity index (χ4v) is 3.52. The average molecular weight is 324 g/mol. The molecule has 1 atom stereocenters. The number of fused-ring (bicyclic) bond motifs is 6. The zero-order chi connectivity index (χ0) is 17.0. The Bertz CT molecular complexity index is 914. The van der Waals surface area contributed by atoms with Gasteiger partial charge in [-0.05, 0) is 29.8 Å². The summed E-state index contributed by atoms with van der Waals surface area (Å²) in [5.74, 6) is -0.863. The Morgan fingerprint density at radius 1 is 1.42 bits per heavy atom.